The van der Waals surface area contributed by atoms with Crippen LogP contribution in [0.25, 0.3) is 10.8 Å². The van der Waals surface area contributed by atoms with Gasteiger partial charge in [-0.25, -0.2) is 0 Å². The van der Waals surface area contributed by atoms with Gasteiger partial charge < -0.3 is 19.0 Å². The zero-order valence-corrected chi connectivity index (χ0v) is 16.6. The number of nitrogens with zero attached hydrogens (tertiary/aromatic N) is 1. The minimum atomic E-state index is -0.876. The molecule has 8 heteroatoms. The second kappa shape index (κ2) is 9.60. The van der Waals surface area contributed by atoms with Crippen molar-refractivity contribution in [2.45, 2.75) is 12.8 Å². The van der Waals surface area contributed by atoms with Gasteiger partial charge in [0.25, 0.3) is 5.09 Å². The van der Waals surface area contributed by atoms with E-state index in [2.05, 4.69) is 4.84 Å². The number of carbonyl (C=O) groups is 1. The normalized spacial score (nSPS) is 11.5. The Bertz CT molecular complexity index is 1030. The average molecular weight is 411 g/mol. The summed E-state index contributed by atoms with van der Waals surface area (Å²) in [5.41, 5.74) is 0.850. The van der Waals surface area contributed by atoms with E-state index < -0.39 is 11.0 Å². The third-order valence-electron chi connectivity index (χ3n) is 4.52. The van der Waals surface area contributed by atoms with Gasteiger partial charge in [0.15, 0.2) is 0 Å². The minimum Gasteiger partial charge on any atom is -0.497 e. The number of esters is 1. The first-order valence-electron chi connectivity index (χ1n) is 9.26. The van der Waals surface area contributed by atoms with E-state index in [1.807, 2.05) is 36.4 Å². The quantitative estimate of drug-likeness (QED) is 0.172. The molecule has 0 aliphatic rings. The van der Waals surface area contributed by atoms with Gasteiger partial charge in [0.05, 0.1) is 13.0 Å². The number of fused-ring (bicyclic) bond motifs is 1. The van der Waals surface area contributed by atoms with Crippen LogP contribution in [0.1, 0.15) is 18.4 Å². The van der Waals surface area contributed by atoms with Crippen molar-refractivity contribution in [3.05, 3.63) is 76.3 Å². The summed E-state index contributed by atoms with van der Waals surface area (Å²) in [6, 6.07) is 18.0. The fraction of sp³-hybridized carbons (Fsp3) is 0.227. The molecular formula is C22H21NO7. The van der Waals surface area contributed by atoms with Crippen molar-refractivity contribution >= 4 is 16.7 Å². The molecule has 0 N–H and O–H groups in total. The first-order valence-corrected chi connectivity index (χ1v) is 9.26. The van der Waals surface area contributed by atoms with E-state index in [1.54, 1.807) is 38.3 Å². The summed E-state index contributed by atoms with van der Waals surface area (Å²) < 4.78 is 16.0. The standard InChI is InChI=1S/C22H21NO7/c1-15(16-3-4-18-14-21(27-2)6-5-17(18)13-16)22(24)30-20-9-7-19(8-10-20)28-11-12-29-23(25)26/h3-10,13-15H,11-12H2,1-2H3/t15-/m0/s1. The third-order valence-corrected chi connectivity index (χ3v) is 4.52. The summed E-state index contributed by atoms with van der Waals surface area (Å²) in [5, 5.41) is 11.2. The van der Waals surface area contributed by atoms with Crippen molar-refractivity contribution < 1.29 is 28.9 Å². The first kappa shape index (κ1) is 20.9. The Hall–Kier alpha value is -3.81. The average Bonchev–Trinajstić information content (AvgIpc) is 2.76. The SMILES string of the molecule is COc1ccc2cc([C@H](C)C(=O)Oc3ccc(OCCO[N+](=O)[O-])cc3)ccc2c1. The number of carbonyl (C=O) groups excluding carboxylic acids is 1. The first-order chi connectivity index (χ1) is 14.5. The molecule has 156 valence electrons. The van der Waals surface area contributed by atoms with Gasteiger partial charge in [-0.05, 0) is 59.7 Å². The van der Waals surface area contributed by atoms with Gasteiger partial charge in [0.2, 0.25) is 0 Å². The summed E-state index contributed by atoms with van der Waals surface area (Å²) in [6.45, 7) is 1.66. The Labute approximate surface area is 173 Å². The fourth-order valence-corrected chi connectivity index (χ4v) is 2.85. The number of methoxy groups -OCH3 is 1. The molecule has 3 rings (SSSR count). The van der Waals surface area contributed by atoms with Crippen LogP contribution in [0, 0.1) is 10.1 Å². The molecule has 3 aromatic carbocycles. The van der Waals surface area contributed by atoms with Crippen LogP contribution in [0.2, 0.25) is 0 Å². The van der Waals surface area contributed by atoms with Crippen LogP contribution < -0.4 is 14.2 Å². The second-order valence-electron chi connectivity index (χ2n) is 6.49. The highest BCUT2D eigenvalue weighted by Gasteiger charge is 2.18. The molecule has 0 saturated heterocycles. The molecule has 0 unspecified atom stereocenters. The highest BCUT2D eigenvalue weighted by Crippen LogP contribution is 2.26. The molecule has 0 aromatic heterocycles. The maximum Gasteiger partial charge on any atom is 0.318 e. The van der Waals surface area contributed by atoms with E-state index in [1.165, 1.54) is 0 Å². The van der Waals surface area contributed by atoms with Crippen LogP contribution in [0.15, 0.2) is 60.7 Å². The van der Waals surface area contributed by atoms with Crippen molar-refractivity contribution in [3.63, 3.8) is 0 Å². The molecule has 1 atom stereocenters. The smallest absolute Gasteiger partial charge is 0.318 e. The summed E-state index contributed by atoms with van der Waals surface area (Å²) in [4.78, 5) is 26.8. The summed E-state index contributed by atoms with van der Waals surface area (Å²) in [5.74, 6) is 0.814. The van der Waals surface area contributed by atoms with E-state index in [-0.39, 0.29) is 19.2 Å². The van der Waals surface area contributed by atoms with Gasteiger partial charge in [-0.15, -0.1) is 10.1 Å². The Morgan fingerprint density at radius 3 is 2.27 bits per heavy atom. The molecule has 0 heterocycles. The maximum absolute atomic E-state index is 12.6. The Balaban J connectivity index is 1.59. The zero-order valence-electron chi connectivity index (χ0n) is 16.6. The molecule has 0 amide bonds. The van der Waals surface area contributed by atoms with Crippen LogP contribution in [0.5, 0.6) is 17.2 Å². The van der Waals surface area contributed by atoms with E-state index in [9.17, 15) is 14.9 Å². The maximum atomic E-state index is 12.6. The van der Waals surface area contributed by atoms with Crippen molar-refractivity contribution in [1.29, 1.82) is 0 Å². The van der Waals surface area contributed by atoms with Gasteiger partial charge in [-0.3, -0.25) is 4.79 Å². The van der Waals surface area contributed by atoms with Crippen molar-refractivity contribution in [2.24, 2.45) is 0 Å². The lowest BCUT2D eigenvalue weighted by molar-refractivity contribution is -0.757. The van der Waals surface area contributed by atoms with E-state index in [4.69, 9.17) is 14.2 Å². The van der Waals surface area contributed by atoms with Crippen LogP contribution in [0.3, 0.4) is 0 Å². The molecule has 0 bridgehead atoms. The molecule has 8 nitrogen and oxygen atoms in total. The zero-order chi connectivity index (χ0) is 21.5. The molecule has 30 heavy (non-hydrogen) atoms. The monoisotopic (exact) mass is 411 g/mol. The highest BCUT2D eigenvalue weighted by molar-refractivity contribution is 5.87. The number of hydrogen-bond acceptors (Lipinski definition) is 7. The van der Waals surface area contributed by atoms with Gasteiger partial charge in [-0.1, -0.05) is 24.3 Å². The van der Waals surface area contributed by atoms with Crippen molar-refractivity contribution in [1.82, 2.24) is 0 Å². The number of rotatable bonds is 9. The van der Waals surface area contributed by atoms with Gasteiger partial charge in [-0.2, -0.15) is 0 Å². The predicted octanol–water partition coefficient (Wildman–Crippen LogP) is 4.14. The Morgan fingerprint density at radius 1 is 0.933 bits per heavy atom. The topological polar surface area (TPSA) is 97.1 Å². The highest BCUT2D eigenvalue weighted by atomic mass is 17.0. The van der Waals surface area contributed by atoms with Crippen LogP contribution in [0.4, 0.5) is 0 Å². The van der Waals surface area contributed by atoms with Crippen molar-refractivity contribution in [2.75, 3.05) is 20.3 Å². The minimum absolute atomic E-state index is 0.0327. The lowest BCUT2D eigenvalue weighted by Crippen LogP contribution is -2.16. The van der Waals surface area contributed by atoms with Crippen LogP contribution in [-0.2, 0) is 9.63 Å². The molecule has 0 aliphatic heterocycles. The second-order valence-corrected chi connectivity index (χ2v) is 6.49. The van der Waals surface area contributed by atoms with E-state index in [0.29, 0.717) is 11.5 Å². The molecule has 0 aliphatic carbocycles. The fourth-order valence-electron chi connectivity index (χ4n) is 2.85. The predicted molar refractivity (Wildman–Crippen MR) is 109 cm³/mol. The molecule has 3 aromatic rings. The molecule has 0 fully saturated rings. The molecular weight excluding hydrogens is 390 g/mol. The number of hydrogen-bond donors (Lipinski definition) is 0. The Morgan fingerprint density at radius 2 is 1.57 bits per heavy atom. The number of benzene rings is 3. The van der Waals surface area contributed by atoms with E-state index >= 15 is 0 Å². The Kier molecular flexibility index (Phi) is 6.69. The largest absolute Gasteiger partial charge is 0.497 e. The van der Waals surface area contributed by atoms with Crippen LogP contribution in [-0.4, -0.2) is 31.4 Å². The third kappa shape index (κ3) is 5.38. The summed E-state index contributed by atoms with van der Waals surface area (Å²) in [7, 11) is 1.62. The van der Waals surface area contributed by atoms with Crippen molar-refractivity contribution in [3.8, 4) is 17.2 Å². The van der Waals surface area contributed by atoms with Crippen LogP contribution >= 0.6 is 0 Å². The molecule has 0 radical (unpaired) electrons. The summed E-state index contributed by atoms with van der Waals surface area (Å²) >= 11 is 0. The summed E-state index contributed by atoms with van der Waals surface area (Å²) in [6.07, 6.45) is 0. The molecule has 0 saturated carbocycles. The van der Waals surface area contributed by atoms with Gasteiger partial charge in [0, 0.05) is 0 Å². The van der Waals surface area contributed by atoms with Gasteiger partial charge >= 0.3 is 5.97 Å². The lowest BCUT2D eigenvalue weighted by atomic mass is 9.98. The lowest BCUT2D eigenvalue weighted by Gasteiger charge is -2.13. The van der Waals surface area contributed by atoms with Gasteiger partial charge in [0.1, 0.15) is 30.5 Å². The number of ether oxygens (including phenoxy) is 3. The molecule has 0 spiro atoms. The van der Waals surface area contributed by atoms with E-state index in [0.717, 1.165) is 22.1 Å².